The van der Waals surface area contributed by atoms with Gasteiger partial charge in [0.2, 0.25) is 0 Å². The summed E-state index contributed by atoms with van der Waals surface area (Å²) in [5.74, 6) is 0. The topological polar surface area (TPSA) is 12.9 Å². The smallest absolute Gasteiger partial charge is 0.0900 e. The SMILES string of the molecule is Cc1nc(CCc2cccs2)c(C)s1. The molecule has 0 saturated carbocycles. The van der Waals surface area contributed by atoms with Crippen LogP contribution in [-0.4, -0.2) is 4.98 Å². The number of aromatic nitrogens is 1. The molecule has 74 valence electrons. The normalized spacial score (nSPS) is 10.7. The lowest BCUT2D eigenvalue weighted by Gasteiger charge is -1.95. The van der Waals surface area contributed by atoms with Gasteiger partial charge in [0.1, 0.15) is 0 Å². The van der Waals surface area contributed by atoms with Crippen molar-refractivity contribution in [2.45, 2.75) is 26.7 Å². The summed E-state index contributed by atoms with van der Waals surface area (Å²) in [5, 5.41) is 3.32. The fourth-order valence-electron chi connectivity index (χ4n) is 1.50. The van der Waals surface area contributed by atoms with E-state index in [0.717, 1.165) is 12.8 Å². The highest BCUT2D eigenvalue weighted by atomic mass is 32.1. The Morgan fingerprint density at radius 1 is 1.29 bits per heavy atom. The molecule has 0 aromatic carbocycles. The molecule has 2 rings (SSSR count). The maximum absolute atomic E-state index is 4.53. The van der Waals surface area contributed by atoms with Crippen molar-refractivity contribution in [3.8, 4) is 0 Å². The molecule has 0 unspecified atom stereocenters. The monoisotopic (exact) mass is 223 g/mol. The highest BCUT2D eigenvalue weighted by Crippen LogP contribution is 2.19. The summed E-state index contributed by atoms with van der Waals surface area (Å²) in [6, 6.07) is 4.30. The molecule has 0 bridgehead atoms. The predicted molar refractivity (Wildman–Crippen MR) is 63.3 cm³/mol. The van der Waals surface area contributed by atoms with Crippen LogP contribution in [0, 0.1) is 13.8 Å². The van der Waals surface area contributed by atoms with E-state index in [-0.39, 0.29) is 0 Å². The molecule has 0 N–H and O–H groups in total. The zero-order valence-electron chi connectivity index (χ0n) is 8.41. The van der Waals surface area contributed by atoms with Crippen LogP contribution >= 0.6 is 22.7 Å². The minimum absolute atomic E-state index is 1.08. The largest absolute Gasteiger partial charge is 0.246 e. The lowest BCUT2D eigenvalue weighted by molar-refractivity contribution is 0.925. The zero-order valence-corrected chi connectivity index (χ0v) is 10.0. The molecule has 2 aromatic heterocycles. The maximum Gasteiger partial charge on any atom is 0.0900 e. The maximum atomic E-state index is 4.53. The van der Waals surface area contributed by atoms with Crippen molar-refractivity contribution < 1.29 is 0 Å². The van der Waals surface area contributed by atoms with E-state index in [0.29, 0.717) is 0 Å². The van der Waals surface area contributed by atoms with Crippen LogP contribution in [0.2, 0.25) is 0 Å². The Morgan fingerprint density at radius 3 is 2.71 bits per heavy atom. The van der Waals surface area contributed by atoms with E-state index in [1.165, 1.54) is 20.5 Å². The first-order valence-electron chi connectivity index (χ1n) is 4.71. The molecule has 0 aliphatic rings. The summed E-state index contributed by atoms with van der Waals surface area (Å²) in [4.78, 5) is 7.36. The van der Waals surface area contributed by atoms with Crippen LogP contribution in [0.25, 0.3) is 0 Å². The Hall–Kier alpha value is -0.670. The number of rotatable bonds is 3. The van der Waals surface area contributed by atoms with Gasteiger partial charge in [-0.05, 0) is 38.1 Å². The van der Waals surface area contributed by atoms with Gasteiger partial charge < -0.3 is 0 Å². The Kier molecular flexibility index (Phi) is 2.99. The van der Waals surface area contributed by atoms with Crippen molar-refractivity contribution in [3.05, 3.63) is 38.0 Å². The van der Waals surface area contributed by atoms with Gasteiger partial charge in [0.15, 0.2) is 0 Å². The van der Waals surface area contributed by atoms with E-state index in [1.807, 2.05) is 11.3 Å². The standard InChI is InChI=1S/C11H13NS2/c1-8-11(12-9(2)14-8)6-5-10-4-3-7-13-10/h3-4,7H,5-6H2,1-2H3. The van der Waals surface area contributed by atoms with Crippen molar-refractivity contribution in [2.24, 2.45) is 0 Å². The average Bonchev–Trinajstić information content (AvgIpc) is 2.72. The number of hydrogen-bond acceptors (Lipinski definition) is 3. The van der Waals surface area contributed by atoms with Gasteiger partial charge in [0, 0.05) is 9.75 Å². The highest BCUT2D eigenvalue weighted by molar-refractivity contribution is 7.11. The lowest BCUT2D eigenvalue weighted by Crippen LogP contribution is -1.91. The Balaban J connectivity index is 2.01. The van der Waals surface area contributed by atoms with Gasteiger partial charge in [-0.25, -0.2) is 4.98 Å². The summed E-state index contributed by atoms with van der Waals surface area (Å²) in [6.45, 7) is 4.24. The molecular formula is C11H13NS2. The number of hydrogen-bond donors (Lipinski definition) is 0. The Morgan fingerprint density at radius 2 is 2.14 bits per heavy atom. The summed E-state index contributed by atoms with van der Waals surface area (Å²) in [5.41, 5.74) is 1.28. The zero-order chi connectivity index (χ0) is 9.97. The van der Waals surface area contributed by atoms with Crippen LogP contribution in [0.15, 0.2) is 17.5 Å². The molecule has 0 fully saturated rings. The summed E-state index contributed by atoms with van der Waals surface area (Å²) < 4.78 is 0. The van der Waals surface area contributed by atoms with E-state index < -0.39 is 0 Å². The quantitative estimate of drug-likeness (QED) is 0.774. The van der Waals surface area contributed by atoms with Gasteiger partial charge in [-0.2, -0.15) is 0 Å². The number of aryl methyl sites for hydroxylation is 4. The van der Waals surface area contributed by atoms with Gasteiger partial charge in [-0.1, -0.05) is 6.07 Å². The average molecular weight is 223 g/mol. The van der Waals surface area contributed by atoms with Crippen LogP contribution in [-0.2, 0) is 12.8 Å². The molecule has 0 aliphatic carbocycles. The van der Waals surface area contributed by atoms with E-state index in [1.54, 1.807) is 11.3 Å². The lowest BCUT2D eigenvalue weighted by atomic mass is 10.2. The molecule has 3 heteroatoms. The minimum Gasteiger partial charge on any atom is -0.246 e. The third kappa shape index (κ3) is 2.22. The van der Waals surface area contributed by atoms with Gasteiger partial charge in [-0.15, -0.1) is 22.7 Å². The third-order valence-electron chi connectivity index (χ3n) is 2.19. The fraction of sp³-hybridized carbons (Fsp3) is 0.364. The fourth-order valence-corrected chi connectivity index (χ4v) is 3.07. The summed E-state index contributed by atoms with van der Waals surface area (Å²) in [6.07, 6.45) is 2.21. The van der Waals surface area contributed by atoms with Crippen LogP contribution in [0.4, 0.5) is 0 Å². The van der Waals surface area contributed by atoms with E-state index in [9.17, 15) is 0 Å². The second kappa shape index (κ2) is 4.24. The predicted octanol–water partition coefficient (Wildman–Crippen LogP) is 3.61. The molecule has 14 heavy (non-hydrogen) atoms. The van der Waals surface area contributed by atoms with E-state index in [4.69, 9.17) is 0 Å². The molecular weight excluding hydrogens is 210 g/mol. The Labute approximate surface area is 92.4 Å². The first-order valence-corrected chi connectivity index (χ1v) is 6.40. The van der Waals surface area contributed by atoms with E-state index >= 15 is 0 Å². The van der Waals surface area contributed by atoms with Gasteiger partial charge in [0.05, 0.1) is 10.7 Å². The molecule has 0 aliphatic heterocycles. The molecule has 0 atom stereocenters. The molecule has 2 heterocycles. The number of thiophene rings is 1. The highest BCUT2D eigenvalue weighted by Gasteiger charge is 2.04. The summed E-state index contributed by atoms with van der Waals surface area (Å²) in [7, 11) is 0. The Bertz CT molecular complexity index is 401. The van der Waals surface area contributed by atoms with Gasteiger partial charge >= 0.3 is 0 Å². The molecule has 0 saturated heterocycles. The summed E-state index contributed by atoms with van der Waals surface area (Å²) >= 11 is 3.63. The van der Waals surface area contributed by atoms with E-state index in [2.05, 4.69) is 36.3 Å². The minimum atomic E-state index is 1.08. The van der Waals surface area contributed by atoms with Crippen LogP contribution < -0.4 is 0 Å². The first kappa shape index (κ1) is 9.87. The third-order valence-corrected chi connectivity index (χ3v) is 4.05. The molecule has 0 spiro atoms. The van der Waals surface area contributed by atoms with Gasteiger partial charge in [-0.3, -0.25) is 0 Å². The van der Waals surface area contributed by atoms with Crippen molar-refractivity contribution in [1.82, 2.24) is 4.98 Å². The first-order chi connectivity index (χ1) is 6.75. The number of nitrogens with zero attached hydrogens (tertiary/aromatic N) is 1. The molecule has 0 amide bonds. The second-order valence-corrected chi connectivity index (χ2v) is 5.75. The second-order valence-electron chi connectivity index (χ2n) is 3.32. The van der Waals surface area contributed by atoms with Crippen LogP contribution in [0.1, 0.15) is 20.5 Å². The molecule has 0 radical (unpaired) electrons. The van der Waals surface area contributed by atoms with Crippen molar-refractivity contribution >= 4 is 22.7 Å². The van der Waals surface area contributed by atoms with Crippen molar-refractivity contribution in [2.75, 3.05) is 0 Å². The molecule has 2 aromatic rings. The van der Waals surface area contributed by atoms with Gasteiger partial charge in [0.25, 0.3) is 0 Å². The van der Waals surface area contributed by atoms with Crippen molar-refractivity contribution in [1.29, 1.82) is 0 Å². The number of thiazole rings is 1. The van der Waals surface area contributed by atoms with Crippen molar-refractivity contribution in [3.63, 3.8) is 0 Å². The molecule has 1 nitrogen and oxygen atoms in total. The van der Waals surface area contributed by atoms with Crippen LogP contribution in [0.5, 0.6) is 0 Å². The van der Waals surface area contributed by atoms with Crippen LogP contribution in [0.3, 0.4) is 0 Å².